The first-order chi connectivity index (χ1) is 10.2. The number of aromatic nitrogens is 2. The average molecular weight is 285 g/mol. The number of aryl methyl sites for hydroxylation is 1. The van der Waals surface area contributed by atoms with Crippen LogP contribution in [0.4, 0.5) is 10.2 Å². The van der Waals surface area contributed by atoms with Crippen LogP contribution in [-0.4, -0.2) is 16.5 Å². The molecule has 1 N–H and O–H groups in total. The van der Waals surface area contributed by atoms with E-state index in [0.29, 0.717) is 17.2 Å². The van der Waals surface area contributed by atoms with Gasteiger partial charge in [0.1, 0.15) is 17.5 Å². The van der Waals surface area contributed by atoms with Gasteiger partial charge in [0.2, 0.25) is 0 Å². The Labute approximate surface area is 124 Å². The molecule has 1 aliphatic rings. The molecule has 1 aromatic carbocycles. The Kier molecular flexibility index (Phi) is 3.86. The van der Waals surface area contributed by atoms with Crippen molar-refractivity contribution in [2.24, 2.45) is 0 Å². The topological polar surface area (TPSA) is 37.8 Å². The Hall–Kier alpha value is -1.97. The standard InChI is InChI=1S/C17H20FN3/c1-3-8-19-16-10-15(20-17(21-16)12-5-6-12)13-9-11(2)4-7-14(13)18/h4,7,9-10,12H,3,5-6,8H2,1-2H3,(H,19,20,21). The minimum Gasteiger partial charge on any atom is -0.370 e. The summed E-state index contributed by atoms with van der Waals surface area (Å²) >= 11 is 0. The SMILES string of the molecule is CCCNc1cc(-c2cc(C)ccc2F)nc(C2CC2)n1. The van der Waals surface area contributed by atoms with E-state index >= 15 is 0 Å². The molecule has 3 nitrogen and oxygen atoms in total. The fraction of sp³-hybridized carbons (Fsp3) is 0.412. The minimum absolute atomic E-state index is 0.234. The van der Waals surface area contributed by atoms with E-state index in [9.17, 15) is 4.39 Å². The van der Waals surface area contributed by atoms with E-state index in [1.165, 1.54) is 6.07 Å². The van der Waals surface area contributed by atoms with Crippen molar-refractivity contribution in [2.45, 2.75) is 39.0 Å². The van der Waals surface area contributed by atoms with Crippen LogP contribution in [0, 0.1) is 12.7 Å². The van der Waals surface area contributed by atoms with Crippen LogP contribution >= 0.6 is 0 Å². The van der Waals surface area contributed by atoms with E-state index in [0.717, 1.165) is 43.0 Å². The van der Waals surface area contributed by atoms with E-state index in [4.69, 9.17) is 0 Å². The molecule has 1 fully saturated rings. The molecule has 21 heavy (non-hydrogen) atoms. The number of benzene rings is 1. The normalized spacial score (nSPS) is 14.2. The number of nitrogens with zero attached hydrogens (tertiary/aromatic N) is 2. The molecule has 0 amide bonds. The Morgan fingerprint density at radius 1 is 1.24 bits per heavy atom. The summed E-state index contributed by atoms with van der Waals surface area (Å²) in [5, 5.41) is 3.29. The lowest BCUT2D eigenvalue weighted by molar-refractivity contribution is 0.630. The van der Waals surface area contributed by atoms with Crippen molar-refractivity contribution in [3.63, 3.8) is 0 Å². The highest BCUT2D eigenvalue weighted by Crippen LogP contribution is 2.39. The predicted molar refractivity (Wildman–Crippen MR) is 82.9 cm³/mol. The summed E-state index contributed by atoms with van der Waals surface area (Å²) < 4.78 is 14.1. The summed E-state index contributed by atoms with van der Waals surface area (Å²) in [6, 6.07) is 6.97. The van der Waals surface area contributed by atoms with Gasteiger partial charge in [0.25, 0.3) is 0 Å². The lowest BCUT2D eigenvalue weighted by Gasteiger charge is -2.10. The third-order valence-electron chi connectivity index (χ3n) is 3.64. The first kappa shape index (κ1) is 14.0. The zero-order chi connectivity index (χ0) is 14.8. The van der Waals surface area contributed by atoms with Gasteiger partial charge in [-0.15, -0.1) is 0 Å². The summed E-state index contributed by atoms with van der Waals surface area (Å²) in [6.07, 6.45) is 3.29. The summed E-state index contributed by atoms with van der Waals surface area (Å²) in [4.78, 5) is 9.15. The fourth-order valence-electron chi connectivity index (χ4n) is 2.31. The first-order valence-corrected chi connectivity index (χ1v) is 7.56. The molecule has 1 aromatic heterocycles. The Balaban J connectivity index is 2.03. The Morgan fingerprint density at radius 2 is 2.05 bits per heavy atom. The number of rotatable bonds is 5. The van der Waals surface area contributed by atoms with E-state index in [1.807, 2.05) is 19.1 Å². The number of hydrogen-bond acceptors (Lipinski definition) is 3. The molecular formula is C17H20FN3. The minimum atomic E-state index is -0.234. The fourth-order valence-corrected chi connectivity index (χ4v) is 2.31. The maximum Gasteiger partial charge on any atom is 0.134 e. The number of hydrogen-bond donors (Lipinski definition) is 1. The summed E-state index contributed by atoms with van der Waals surface area (Å²) in [6.45, 7) is 4.93. The van der Waals surface area contributed by atoms with E-state index in [2.05, 4.69) is 22.2 Å². The maximum absolute atomic E-state index is 14.1. The van der Waals surface area contributed by atoms with Crippen molar-refractivity contribution in [1.82, 2.24) is 9.97 Å². The maximum atomic E-state index is 14.1. The molecule has 0 bridgehead atoms. The molecule has 0 radical (unpaired) electrons. The van der Waals surface area contributed by atoms with E-state index < -0.39 is 0 Å². The van der Waals surface area contributed by atoms with Gasteiger partial charge in [0.15, 0.2) is 0 Å². The lowest BCUT2D eigenvalue weighted by Crippen LogP contribution is -2.06. The van der Waals surface area contributed by atoms with Gasteiger partial charge >= 0.3 is 0 Å². The third kappa shape index (κ3) is 3.20. The van der Waals surface area contributed by atoms with Gasteiger partial charge in [-0.2, -0.15) is 0 Å². The molecule has 0 aliphatic heterocycles. The lowest BCUT2D eigenvalue weighted by atomic mass is 10.1. The molecule has 3 rings (SSSR count). The van der Waals surface area contributed by atoms with E-state index in [1.54, 1.807) is 6.07 Å². The van der Waals surface area contributed by atoms with Crippen molar-refractivity contribution in [3.05, 3.63) is 41.5 Å². The highest BCUT2D eigenvalue weighted by atomic mass is 19.1. The zero-order valence-corrected chi connectivity index (χ0v) is 12.5. The summed E-state index contributed by atoms with van der Waals surface area (Å²) in [5.74, 6) is 1.85. The monoisotopic (exact) mass is 285 g/mol. The predicted octanol–water partition coefficient (Wildman–Crippen LogP) is 4.29. The van der Waals surface area contributed by atoms with Crippen LogP contribution in [0.3, 0.4) is 0 Å². The largest absolute Gasteiger partial charge is 0.370 e. The van der Waals surface area contributed by atoms with Crippen LogP contribution in [0.2, 0.25) is 0 Å². The molecule has 1 saturated carbocycles. The summed E-state index contributed by atoms with van der Waals surface area (Å²) in [5.41, 5.74) is 2.26. The number of halogens is 1. The van der Waals surface area contributed by atoms with Crippen LogP contribution in [0.15, 0.2) is 24.3 Å². The van der Waals surface area contributed by atoms with Gasteiger partial charge in [0, 0.05) is 24.1 Å². The highest BCUT2D eigenvalue weighted by molar-refractivity contribution is 5.64. The van der Waals surface area contributed by atoms with E-state index in [-0.39, 0.29) is 5.82 Å². The summed E-state index contributed by atoms with van der Waals surface area (Å²) in [7, 11) is 0. The van der Waals surface area contributed by atoms with Gasteiger partial charge < -0.3 is 5.32 Å². The highest BCUT2D eigenvalue weighted by Gasteiger charge is 2.27. The van der Waals surface area contributed by atoms with Crippen LogP contribution in [0.5, 0.6) is 0 Å². The van der Waals surface area contributed by atoms with Gasteiger partial charge in [0.05, 0.1) is 5.69 Å². The van der Waals surface area contributed by atoms with Crippen LogP contribution in [0.25, 0.3) is 11.3 Å². The Morgan fingerprint density at radius 3 is 2.76 bits per heavy atom. The molecule has 0 atom stereocenters. The second kappa shape index (κ2) is 5.80. The van der Waals surface area contributed by atoms with Crippen LogP contribution < -0.4 is 5.32 Å². The quantitative estimate of drug-likeness (QED) is 0.890. The molecule has 2 aromatic rings. The molecule has 1 heterocycles. The van der Waals surface area contributed by atoms with Crippen molar-refractivity contribution in [2.75, 3.05) is 11.9 Å². The molecule has 0 spiro atoms. The van der Waals surface area contributed by atoms with Crippen molar-refractivity contribution in [3.8, 4) is 11.3 Å². The van der Waals surface area contributed by atoms with Gasteiger partial charge in [-0.3, -0.25) is 0 Å². The molecule has 0 unspecified atom stereocenters. The smallest absolute Gasteiger partial charge is 0.134 e. The molecule has 0 saturated heterocycles. The van der Waals surface area contributed by atoms with Crippen molar-refractivity contribution < 1.29 is 4.39 Å². The van der Waals surface area contributed by atoms with Crippen molar-refractivity contribution >= 4 is 5.82 Å². The average Bonchev–Trinajstić information content (AvgIpc) is 3.32. The zero-order valence-electron chi connectivity index (χ0n) is 12.5. The Bertz CT molecular complexity index is 650. The van der Waals surface area contributed by atoms with Gasteiger partial charge in [-0.05, 0) is 38.3 Å². The second-order valence-corrected chi connectivity index (χ2v) is 5.68. The molecule has 110 valence electrons. The second-order valence-electron chi connectivity index (χ2n) is 5.68. The first-order valence-electron chi connectivity index (χ1n) is 7.56. The van der Waals surface area contributed by atoms with Crippen LogP contribution in [-0.2, 0) is 0 Å². The molecule has 4 heteroatoms. The third-order valence-corrected chi connectivity index (χ3v) is 3.64. The molecular weight excluding hydrogens is 265 g/mol. The van der Waals surface area contributed by atoms with Crippen LogP contribution in [0.1, 0.15) is 43.5 Å². The number of nitrogens with one attached hydrogen (secondary N) is 1. The van der Waals surface area contributed by atoms with Gasteiger partial charge in [-0.1, -0.05) is 18.6 Å². The van der Waals surface area contributed by atoms with Gasteiger partial charge in [-0.25, -0.2) is 14.4 Å². The number of anilines is 1. The van der Waals surface area contributed by atoms with Crippen molar-refractivity contribution in [1.29, 1.82) is 0 Å². The molecule has 1 aliphatic carbocycles.